The van der Waals surface area contributed by atoms with Crippen LogP contribution in [-0.2, 0) is 5.41 Å². The van der Waals surface area contributed by atoms with Crippen molar-refractivity contribution >= 4 is 60.5 Å². The Labute approximate surface area is 377 Å². The largest absolute Gasteiger partial charge is 0.455 e. The van der Waals surface area contributed by atoms with Gasteiger partial charge in [0.2, 0.25) is 0 Å². The quantitative estimate of drug-likeness (QED) is 0.149. The van der Waals surface area contributed by atoms with Gasteiger partial charge in [-0.05, 0) is 126 Å². The van der Waals surface area contributed by atoms with E-state index in [-0.39, 0.29) is 0 Å². The molecule has 2 heteroatoms. The van der Waals surface area contributed by atoms with Gasteiger partial charge in [-0.25, -0.2) is 0 Å². The Bertz CT molecular complexity index is 3730. The van der Waals surface area contributed by atoms with Crippen molar-refractivity contribution < 1.29 is 4.42 Å². The number of para-hydroxylation sites is 1. The maximum atomic E-state index is 6.62. The molecule has 1 aromatic heterocycles. The third kappa shape index (κ3) is 5.81. The third-order valence-electron chi connectivity index (χ3n) is 13.7. The first-order valence-electron chi connectivity index (χ1n) is 22.4. The summed E-state index contributed by atoms with van der Waals surface area (Å²) in [6, 6.07) is 90.9. The monoisotopic (exact) mass is 827 g/mol. The molecule has 2 nitrogen and oxygen atoms in total. The summed E-state index contributed by atoms with van der Waals surface area (Å²) < 4.78 is 6.62. The Morgan fingerprint density at radius 3 is 1.65 bits per heavy atom. The highest BCUT2D eigenvalue weighted by Gasteiger charge is 2.46. The molecule has 0 saturated heterocycles. The van der Waals surface area contributed by atoms with E-state index in [0.717, 1.165) is 55.2 Å². The number of anilines is 3. The van der Waals surface area contributed by atoms with Gasteiger partial charge in [-0.1, -0.05) is 194 Å². The van der Waals surface area contributed by atoms with Crippen LogP contribution in [0.3, 0.4) is 0 Å². The number of benzene rings is 11. The number of fused-ring (bicyclic) bond motifs is 10. The van der Waals surface area contributed by atoms with Crippen molar-refractivity contribution in [1.29, 1.82) is 0 Å². The molecule has 12 aromatic rings. The van der Waals surface area contributed by atoms with Gasteiger partial charge in [0.1, 0.15) is 11.2 Å². The summed E-state index contributed by atoms with van der Waals surface area (Å²) >= 11 is 0. The standard InChI is InChI=1S/C63H41NO/c1-3-15-42(16-4-1)45-17-13-18-46(39-45)43-31-34-50(35-32-43)64(52-36-38-53-47(40-52)30-29-44-33-37-57-56-25-9-12-28-60(56)65-62(57)61(44)53)51-22-14-21-49(41-51)63(48-19-5-2-6-20-48)58-26-10-7-23-54(58)55-24-8-11-27-59(55)63/h1-41H. The predicted octanol–water partition coefficient (Wildman–Crippen LogP) is 17.1. The van der Waals surface area contributed by atoms with Crippen molar-refractivity contribution in [2.75, 3.05) is 4.90 Å². The van der Waals surface area contributed by atoms with Crippen LogP contribution in [0.2, 0.25) is 0 Å². The van der Waals surface area contributed by atoms with Crippen molar-refractivity contribution in [2.45, 2.75) is 5.41 Å². The smallest absolute Gasteiger partial charge is 0.143 e. The van der Waals surface area contributed by atoms with Crippen molar-refractivity contribution in [1.82, 2.24) is 0 Å². The molecule has 65 heavy (non-hydrogen) atoms. The molecule has 11 aromatic carbocycles. The number of furan rings is 1. The van der Waals surface area contributed by atoms with Gasteiger partial charge in [0.05, 0.1) is 5.41 Å². The summed E-state index contributed by atoms with van der Waals surface area (Å²) in [6.07, 6.45) is 0. The molecule has 1 heterocycles. The molecule has 0 fully saturated rings. The summed E-state index contributed by atoms with van der Waals surface area (Å²) in [5.41, 5.74) is 16.9. The molecule has 1 aliphatic rings. The van der Waals surface area contributed by atoms with Gasteiger partial charge in [-0.15, -0.1) is 0 Å². The first kappa shape index (κ1) is 37.1. The fraction of sp³-hybridized carbons (Fsp3) is 0.0159. The Kier molecular flexibility index (Phi) is 8.47. The van der Waals surface area contributed by atoms with E-state index in [1.165, 1.54) is 61.0 Å². The highest BCUT2D eigenvalue weighted by Crippen LogP contribution is 2.56. The highest BCUT2D eigenvalue weighted by atomic mass is 16.3. The van der Waals surface area contributed by atoms with Crippen LogP contribution in [0.4, 0.5) is 17.1 Å². The van der Waals surface area contributed by atoms with Gasteiger partial charge in [-0.3, -0.25) is 0 Å². The lowest BCUT2D eigenvalue weighted by Crippen LogP contribution is -2.28. The lowest BCUT2D eigenvalue weighted by molar-refractivity contribution is 0.673. The molecule has 0 radical (unpaired) electrons. The molecule has 0 atom stereocenters. The zero-order chi connectivity index (χ0) is 42.9. The second-order valence-electron chi connectivity index (χ2n) is 17.2. The topological polar surface area (TPSA) is 16.4 Å². The lowest BCUT2D eigenvalue weighted by Gasteiger charge is -2.35. The Hall–Kier alpha value is -8.46. The molecule has 0 saturated carbocycles. The zero-order valence-electron chi connectivity index (χ0n) is 35.5. The molecule has 304 valence electrons. The van der Waals surface area contributed by atoms with E-state index >= 15 is 0 Å². The van der Waals surface area contributed by atoms with Crippen LogP contribution in [0.1, 0.15) is 22.3 Å². The number of rotatable bonds is 7. The Balaban J connectivity index is 1.01. The second kappa shape index (κ2) is 14.8. The van der Waals surface area contributed by atoms with Gasteiger partial charge in [0, 0.05) is 33.2 Å². The minimum Gasteiger partial charge on any atom is -0.455 e. The zero-order valence-corrected chi connectivity index (χ0v) is 35.5. The summed E-state index contributed by atoms with van der Waals surface area (Å²) in [7, 11) is 0. The molecule has 0 amide bonds. The van der Waals surface area contributed by atoms with Gasteiger partial charge in [0.15, 0.2) is 0 Å². The van der Waals surface area contributed by atoms with E-state index in [0.29, 0.717) is 0 Å². The maximum Gasteiger partial charge on any atom is 0.143 e. The van der Waals surface area contributed by atoms with E-state index in [1.807, 2.05) is 6.07 Å². The van der Waals surface area contributed by atoms with Crippen LogP contribution in [0.25, 0.3) is 76.9 Å². The van der Waals surface area contributed by atoms with Crippen LogP contribution >= 0.6 is 0 Å². The fourth-order valence-electron chi connectivity index (χ4n) is 10.8. The van der Waals surface area contributed by atoms with Crippen molar-refractivity contribution in [3.05, 3.63) is 271 Å². The summed E-state index contributed by atoms with van der Waals surface area (Å²) in [4.78, 5) is 2.42. The van der Waals surface area contributed by atoms with Gasteiger partial charge < -0.3 is 9.32 Å². The fourth-order valence-corrected chi connectivity index (χ4v) is 10.8. The van der Waals surface area contributed by atoms with Crippen LogP contribution in [0.5, 0.6) is 0 Å². The van der Waals surface area contributed by atoms with Gasteiger partial charge in [0.25, 0.3) is 0 Å². The summed E-state index contributed by atoms with van der Waals surface area (Å²) in [5, 5.41) is 6.90. The van der Waals surface area contributed by atoms with Crippen molar-refractivity contribution in [3.8, 4) is 33.4 Å². The molecule has 0 N–H and O–H groups in total. The number of nitrogens with zero attached hydrogens (tertiary/aromatic N) is 1. The van der Waals surface area contributed by atoms with Crippen LogP contribution in [0.15, 0.2) is 253 Å². The molecule has 0 bridgehead atoms. The van der Waals surface area contributed by atoms with Gasteiger partial charge in [-0.2, -0.15) is 0 Å². The average molecular weight is 828 g/mol. The Morgan fingerprint density at radius 2 is 0.877 bits per heavy atom. The molecule has 0 aliphatic heterocycles. The van der Waals surface area contributed by atoms with Crippen LogP contribution in [0, 0.1) is 0 Å². The lowest BCUT2D eigenvalue weighted by atomic mass is 9.67. The van der Waals surface area contributed by atoms with Gasteiger partial charge >= 0.3 is 0 Å². The van der Waals surface area contributed by atoms with Crippen molar-refractivity contribution in [2.24, 2.45) is 0 Å². The molecular formula is C63H41NO. The number of hydrogen-bond donors (Lipinski definition) is 0. The van der Waals surface area contributed by atoms with E-state index in [4.69, 9.17) is 4.42 Å². The maximum absolute atomic E-state index is 6.62. The second-order valence-corrected chi connectivity index (χ2v) is 17.2. The SMILES string of the molecule is c1ccc(-c2cccc(-c3ccc(N(c4cccc(C5(c6ccccc6)c6ccccc6-c6ccccc65)c4)c4ccc5c(ccc6ccc7c8ccccc8oc7c65)c4)cc3)c2)cc1. The van der Waals surface area contributed by atoms with E-state index in [2.05, 4.69) is 248 Å². The molecule has 1 aliphatic carbocycles. The summed E-state index contributed by atoms with van der Waals surface area (Å²) in [5.74, 6) is 0. The molecule has 13 rings (SSSR count). The van der Waals surface area contributed by atoms with E-state index in [9.17, 15) is 0 Å². The number of hydrogen-bond acceptors (Lipinski definition) is 2. The first-order valence-corrected chi connectivity index (χ1v) is 22.4. The molecular weight excluding hydrogens is 787 g/mol. The minimum absolute atomic E-state index is 0.524. The van der Waals surface area contributed by atoms with Crippen molar-refractivity contribution in [3.63, 3.8) is 0 Å². The average Bonchev–Trinajstić information content (AvgIpc) is 3.91. The van der Waals surface area contributed by atoms with Crippen LogP contribution < -0.4 is 4.90 Å². The summed E-state index contributed by atoms with van der Waals surface area (Å²) in [6.45, 7) is 0. The van der Waals surface area contributed by atoms with E-state index < -0.39 is 5.41 Å². The molecule has 0 unspecified atom stereocenters. The molecule has 0 spiro atoms. The normalized spacial score (nSPS) is 12.7. The highest BCUT2D eigenvalue weighted by molar-refractivity contribution is 6.23. The van der Waals surface area contributed by atoms with Crippen LogP contribution in [-0.4, -0.2) is 0 Å². The third-order valence-corrected chi connectivity index (χ3v) is 13.7. The van der Waals surface area contributed by atoms with E-state index in [1.54, 1.807) is 0 Å². The first-order chi connectivity index (χ1) is 32.2. The Morgan fingerprint density at radius 1 is 0.323 bits per heavy atom. The predicted molar refractivity (Wildman–Crippen MR) is 272 cm³/mol. The minimum atomic E-state index is -0.524.